The van der Waals surface area contributed by atoms with Crippen molar-refractivity contribution in [2.75, 3.05) is 26.2 Å². The summed E-state index contributed by atoms with van der Waals surface area (Å²) in [6.45, 7) is 4.16. The standard InChI is InChI=1S/C18H26ClN3O3S.ClH/c1-13-6-7-15(10-16(13)19)26(24,25)22-9-3-4-14(12-22)11-21-18(23)17-5-2-8-20-17;/h6-7,10,14,17,20H,2-5,8-9,11-12H2,1H3,(H,21,23);1H. The van der Waals surface area contributed by atoms with Crippen LogP contribution in [-0.2, 0) is 14.8 Å². The van der Waals surface area contributed by atoms with E-state index in [0.29, 0.717) is 24.7 Å². The topological polar surface area (TPSA) is 78.5 Å². The first kappa shape index (κ1) is 22.4. The van der Waals surface area contributed by atoms with E-state index in [1.807, 2.05) is 6.92 Å². The van der Waals surface area contributed by atoms with Gasteiger partial charge in [-0.05, 0) is 62.8 Å². The van der Waals surface area contributed by atoms with Crippen molar-refractivity contribution in [2.24, 2.45) is 5.92 Å². The molecule has 2 atom stereocenters. The lowest BCUT2D eigenvalue weighted by atomic mass is 9.99. The Morgan fingerprint density at radius 1 is 1.33 bits per heavy atom. The molecule has 2 N–H and O–H groups in total. The predicted molar refractivity (Wildman–Crippen MR) is 109 cm³/mol. The summed E-state index contributed by atoms with van der Waals surface area (Å²) in [5.74, 6) is 0.151. The molecule has 152 valence electrons. The second-order valence-electron chi connectivity index (χ2n) is 7.18. The van der Waals surface area contributed by atoms with Gasteiger partial charge in [0.15, 0.2) is 0 Å². The van der Waals surface area contributed by atoms with Gasteiger partial charge < -0.3 is 10.6 Å². The largest absolute Gasteiger partial charge is 0.354 e. The molecule has 2 fully saturated rings. The highest BCUT2D eigenvalue weighted by molar-refractivity contribution is 7.89. The summed E-state index contributed by atoms with van der Waals surface area (Å²) in [6.07, 6.45) is 3.60. The fourth-order valence-electron chi connectivity index (χ4n) is 3.57. The third kappa shape index (κ3) is 5.35. The molecule has 27 heavy (non-hydrogen) atoms. The summed E-state index contributed by atoms with van der Waals surface area (Å²) in [7, 11) is -3.56. The Hall–Kier alpha value is -0.860. The first-order chi connectivity index (χ1) is 12.4. The van der Waals surface area contributed by atoms with Crippen LogP contribution in [0.3, 0.4) is 0 Å². The molecular formula is C18H27Cl2N3O3S. The number of carbonyl (C=O) groups is 1. The molecule has 0 spiro atoms. The van der Waals surface area contributed by atoms with E-state index in [1.165, 1.54) is 10.4 Å². The van der Waals surface area contributed by atoms with E-state index in [2.05, 4.69) is 10.6 Å². The molecule has 3 rings (SSSR count). The minimum absolute atomic E-state index is 0. The van der Waals surface area contributed by atoms with E-state index < -0.39 is 10.0 Å². The summed E-state index contributed by atoms with van der Waals surface area (Å²) >= 11 is 6.10. The second-order valence-corrected chi connectivity index (χ2v) is 9.52. The zero-order valence-electron chi connectivity index (χ0n) is 15.4. The summed E-state index contributed by atoms with van der Waals surface area (Å²) in [5, 5.41) is 6.61. The zero-order valence-corrected chi connectivity index (χ0v) is 17.8. The fourth-order valence-corrected chi connectivity index (χ4v) is 5.40. The molecule has 9 heteroatoms. The molecule has 2 unspecified atom stereocenters. The molecule has 0 aromatic heterocycles. The molecule has 0 radical (unpaired) electrons. The van der Waals surface area contributed by atoms with Gasteiger partial charge in [0.2, 0.25) is 15.9 Å². The summed E-state index contributed by atoms with van der Waals surface area (Å²) in [4.78, 5) is 12.4. The Bertz CT molecular complexity index is 767. The first-order valence-electron chi connectivity index (χ1n) is 9.15. The van der Waals surface area contributed by atoms with E-state index in [4.69, 9.17) is 11.6 Å². The molecule has 1 aromatic carbocycles. The van der Waals surface area contributed by atoms with Crippen molar-refractivity contribution >= 4 is 39.9 Å². The normalized spacial score (nSPS) is 23.6. The monoisotopic (exact) mass is 435 g/mol. The third-order valence-electron chi connectivity index (χ3n) is 5.20. The Morgan fingerprint density at radius 3 is 2.78 bits per heavy atom. The Morgan fingerprint density at radius 2 is 2.11 bits per heavy atom. The maximum absolute atomic E-state index is 12.9. The first-order valence-corrected chi connectivity index (χ1v) is 11.0. The smallest absolute Gasteiger partial charge is 0.243 e. The highest BCUT2D eigenvalue weighted by atomic mass is 35.5. The molecule has 2 aliphatic rings. The number of carbonyl (C=O) groups excluding carboxylic acids is 1. The van der Waals surface area contributed by atoms with Gasteiger partial charge in [-0.1, -0.05) is 17.7 Å². The van der Waals surface area contributed by atoms with Crippen LogP contribution in [0.25, 0.3) is 0 Å². The van der Waals surface area contributed by atoms with Crippen molar-refractivity contribution in [1.29, 1.82) is 0 Å². The van der Waals surface area contributed by atoms with Crippen LogP contribution >= 0.6 is 24.0 Å². The van der Waals surface area contributed by atoms with Crippen molar-refractivity contribution < 1.29 is 13.2 Å². The molecule has 2 aliphatic heterocycles. The highest BCUT2D eigenvalue weighted by Crippen LogP contribution is 2.26. The van der Waals surface area contributed by atoms with E-state index in [-0.39, 0.29) is 35.2 Å². The maximum Gasteiger partial charge on any atom is 0.243 e. The van der Waals surface area contributed by atoms with Crippen LogP contribution in [0.2, 0.25) is 5.02 Å². The number of piperidine rings is 1. The number of nitrogens with zero attached hydrogens (tertiary/aromatic N) is 1. The minimum Gasteiger partial charge on any atom is -0.354 e. The number of amides is 1. The van der Waals surface area contributed by atoms with Gasteiger partial charge in [-0.15, -0.1) is 12.4 Å². The number of sulfonamides is 1. The summed E-state index contributed by atoms with van der Waals surface area (Å²) < 4.78 is 27.3. The SMILES string of the molecule is Cc1ccc(S(=O)(=O)N2CCCC(CNC(=O)C3CCCN3)C2)cc1Cl.Cl. The molecule has 1 aromatic rings. The number of aryl methyl sites for hydroxylation is 1. The fraction of sp³-hybridized carbons (Fsp3) is 0.611. The number of rotatable bonds is 5. The van der Waals surface area contributed by atoms with Crippen molar-refractivity contribution in [3.8, 4) is 0 Å². The van der Waals surface area contributed by atoms with Gasteiger partial charge in [-0.25, -0.2) is 8.42 Å². The molecular weight excluding hydrogens is 409 g/mol. The lowest BCUT2D eigenvalue weighted by Crippen LogP contribution is -2.46. The van der Waals surface area contributed by atoms with Gasteiger partial charge in [0.25, 0.3) is 0 Å². The zero-order chi connectivity index (χ0) is 18.7. The molecule has 6 nitrogen and oxygen atoms in total. The number of nitrogens with one attached hydrogen (secondary N) is 2. The third-order valence-corrected chi connectivity index (χ3v) is 7.47. The molecule has 2 saturated heterocycles. The average molecular weight is 436 g/mol. The quantitative estimate of drug-likeness (QED) is 0.743. The van der Waals surface area contributed by atoms with Crippen LogP contribution in [0.4, 0.5) is 0 Å². The van der Waals surface area contributed by atoms with Crippen molar-refractivity contribution in [3.05, 3.63) is 28.8 Å². The van der Waals surface area contributed by atoms with Crippen molar-refractivity contribution in [2.45, 2.75) is 43.5 Å². The van der Waals surface area contributed by atoms with Crippen LogP contribution in [0, 0.1) is 12.8 Å². The van der Waals surface area contributed by atoms with Crippen molar-refractivity contribution in [1.82, 2.24) is 14.9 Å². The Kier molecular flexibility index (Phi) is 7.94. The average Bonchev–Trinajstić information content (AvgIpc) is 3.17. The predicted octanol–water partition coefficient (Wildman–Crippen LogP) is 2.34. The molecule has 0 bridgehead atoms. The number of benzene rings is 1. The second kappa shape index (κ2) is 9.56. The van der Waals surface area contributed by atoms with Crippen LogP contribution in [-0.4, -0.2) is 50.9 Å². The van der Waals surface area contributed by atoms with E-state index in [1.54, 1.807) is 12.1 Å². The van der Waals surface area contributed by atoms with Gasteiger partial charge in [0.1, 0.15) is 0 Å². The molecule has 2 heterocycles. The van der Waals surface area contributed by atoms with Crippen molar-refractivity contribution in [3.63, 3.8) is 0 Å². The van der Waals surface area contributed by atoms with Gasteiger partial charge in [-0.2, -0.15) is 4.31 Å². The minimum atomic E-state index is -3.56. The van der Waals surface area contributed by atoms with E-state index in [0.717, 1.165) is 37.8 Å². The highest BCUT2D eigenvalue weighted by Gasteiger charge is 2.31. The van der Waals surface area contributed by atoms with Crippen LogP contribution in [0.15, 0.2) is 23.1 Å². The number of hydrogen-bond donors (Lipinski definition) is 2. The van der Waals surface area contributed by atoms with E-state index >= 15 is 0 Å². The van der Waals surface area contributed by atoms with Gasteiger partial charge >= 0.3 is 0 Å². The molecule has 1 amide bonds. The molecule has 0 aliphatic carbocycles. The van der Waals surface area contributed by atoms with Crippen LogP contribution in [0.5, 0.6) is 0 Å². The lowest BCUT2D eigenvalue weighted by molar-refractivity contribution is -0.123. The van der Waals surface area contributed by atoms with Gasteiger partial charge in [0.05, 0.1) is 10.9 Å². The van der Waals surface area contributed by atoms with Crippen LogP contribution in [0.1, 0.15) is 31.2 Å². The Balaban J connectivity index is 0.00000261. The lowest BCUT2D eigenvalue weighted by Gasteiger charge is -2.32. The van der Waals surface area contributed by atoms with Gasteiger partial charge in [-0.3, -0.25) is 4.79 Å². The summed E-state index contributed by atoms with van der Waals surface area (Å²) in [6, 6.07) is 4.75. The number of hydrogen-bond acceptors (Lipinski definition) is 4. The van der Waals surface area contributed by atoms with Crippen LogP contribution < -0.4 is 10.6 Å². The van der Waals surface area contributed by atoms with E-state index in [9.17, 15) is 13.2 Å². The maximum atomic E-state index is 12.9. The number of halogens is 2. The summed E-state index contributed by atoms with van der Waals surface area (Å²) in [5.41, 5.74) is 0.852. The Labute approximate surface area is 172 Å². The van der Waals surface area contributed by atoms with Gasteiger partial charge in [0, 0.05) is 24.7 Å². The molecule has 0 saturated carbocycles.